The second-order valence-electron chi connectivity index (χ2n) is 18.1. The van der Waals surface area contributed by atoms with Crippen molar-refractivity contribution in [3.63, 3.8) is 0 Å². The van der Waals surface area contributed by atoms with E-state index in [1.807, 2.05) is 0 Å². The zero-order chi connectivity index (χ0) is 42.6. The first kappa shape index (κ1) is 48.4. The summed E-state index contributed by atoms with van der Waals surface area (Å²) in [5.41, 5.74) is 6.16. The molecule has 0 aliphatic heterocycles. The topological polar surface area (TPSA) is 57.8 Å². The molecule has 3 aromatic heterocycles. The highest BCUT2D eigenvalue weighted by molar-refractivity contribution is 5.82. The SMILES string of the molecule is CCCCCCCCCCCCOc1cc(-c2nc3ccccc3n2CCCCCCCCCCCC)nc(-c2nc3ccccc3n2CCCCCCCCCCCC)c1. The fourth-order valence-electron chi connectivity index (χ4n) is 9.11. The average molecular weight is 832 g/mol. The smallest absolute Gasteiger partial charge is 0.159 e. The lowest BCUT2D eigenvalue weighted by Crippen LogP contribution is -2.06. The summed E-state index contributed by atoms with van der Waals surface area (Å²) < 4.78 is 11.5. The average Bonchev–Trinajstić information content (AvgIpc) is 3.85. The Morgan fingerprint density at radius 2 is 0.705 bits per heavy atom. The van der Waals surface area contributed by atoms with Crippen molar-refractivity contribution in [2.75, 3.05) is 6.61 Å². The molecule has 0 saturated carbocycles. The van der Waals surface area contributed by atoms with E-state index in [9.17, 15) is 0 Å². The normalized spacial score (nSPS) is 11.7. The van der Waals surface area contributed by atoms with Gasteiger partial charge in [-0.15, -0.1) is 0 Å². The minimum atomic E-state index is 0.712. The summed E-state index contributed by atoms with van der Waals surface area (Å²) in [7, 11) is 0. The monoisotopic (exact) mass is 832 g/mol. The van der Waals surface area contributed by atoms with Gasteiger partial charge in [0, 0.05) is 25.2 Å². The maximum atomic E-state index is 6.65. The van der Waals surface area contributed by atoms with Gasteiger partial charge in [-0.2, -0.15) is 0 Å². The lowest BCUT2D eigenvalue weighted by atomic mass is 10.1. The molecule has 0 N–H and O–H groups in total. The number of nitrogens with zero attached hydrogens (tertiary/aromatic N) is 5. The fraction of sp³-hybridized carbons (Fsp3) is 0.655. The highest BCUT2D eigenvalue weighted by Gasteiger charge is 2.20. The molecule has 0 bridgehead atoms. The summed E-state index contributed by atoms with van der Waals surface area (Å²) >= 11 is 0. The Kier molecular flexibility index (Phi) is 23.5. The van der Waals surface area contributed by atoms with Gasteiger partial charge in [0.15, 0.2) is 11.6 Å². The molecule has 0 spiro atoms. The number of hydrogen-bond donors (Lipinski definition) is 0. The molecule has 0 saturated heterocycles. The van der Waals surface area contributed by atoms with Crippen LogP contribution in [0.2, 0.25) is 0 Å². The van der Waals surface area contributed by atoms with Crippen molar-refractivity contribution < 1.29 is 4.74 Å². The van der Waals surface area contributed by atoms with Crippen LogP contribution in [0.4, 0.5) is 0 Å². The molecular weight excluding hydrogens is 747 g/mol. The molecule has 0 atom stereocenters. The van der Waals surface area contributed by atoms with Gasteiger partial charge in [0.2, 0.25) is 0 Å². The van der Waals surface area contributed by atoms with Crippen LogP contribution in [0.5, 0.6) is 5.75 Å². The third kappa shape index (κ3) is 16.9. The van der Waals surface area contributed by atoms with Gasteiger partial charge < -0.3 is 13.9 Å². The van der Waals surface area contributed by atoms with Crippen LogP contribution in [0.25, 0.3) is 45.1 Å². The number of imidazole rings is 2. The van der Waals surface area contributed by atoms with Gasteiger partial charge in [0.05, 0.1) is 28.7 Å². The van der Waals surface area contributed by atoms with Gasteiger partial charge in [0.25, 0.3) is 0 Å². The third-order valence-electron chi connectivity index (χ3n) is 12.8. The van der Waals surface area contributed by atoms with Crippen LogP contribution in [0, 0.1) is 0 Å². The summed E-state index contributed by atoms with van der Waals surface area (Å²) in [4.78, 5) is 16.0. The van der Waals surface area contributed by atoms with Crippen LogP contribution in [0.1, 0.15) is 213 Å². The predicted octanol–water partition coefficient (Wildman–Crippen LogP) is 17.3. The summed E-state index contributed by atoms with van der Waals surface area (Å²) in [6.07, 6.45) is 39.6. The standard InChI is InChI=1S/C55H85N5O/c1-4-7-10-13-16-19-22-25-28-35-42-59-52-40-33-31-38-48(52)57-54(59)50-45-47(61-44-37-30-27-24-21-18-15-12-9-6-3)46-51(56-50)55-58-49-39-32-34-41-53(49)60(55)43-36-29-26-23-20-17-14-11-8-5-2/h31-34,38-41,45-46H,4-30,35-37,42-44H2,1-3H3. The Labute approximate surface area is 372 Å². The molecular formula is C55H85N5O. The number of hydrogen-bond acceptors (Lipinski definition) is 4. The maximum absolute atomic E-state index is 6.65. The van der Waals surface area contributed by atoms with Crippen LogP contribution < -0.4 is 4.74 Å². The van der Waals surface area contributed by atoms with E-state index in [2.05, 4.69) is 90.6 Å². The lowest BCUT2D eigenvalue weighted by molar-refractivity contribution is 0.304. The van der Waals surface area contributed by atoms with Crippen LogP contribution in [0.3, 0.4) is 0 Å². The Hall–Kier alpha value is -3.67. The Morgan fingerprint density at radius 3 is 1.08 bits per heavy atom. The van der Waals surface area contributed by atoms with Gasteiger partial charge in [-0.3, -0.25) is 0 Å². The molecule has 2 aromatic carbocycles. The molecule has 3 heterocycles. The first-order valence-corrected chi connectivity index (χ1v) is 25.8. The fourth-order valence-corrected chi connectivity index (χ4v) is 9.11. The van der Waals surface area contributed by atoms with Gasteiger partial charge >= 0.3 is 0 Å². The second-order valence-corrected chi connectivity index (χ2v) is 18.1. The number of pyridine rings is 1. The number of aryl methyl sites for hydroxylation is 2. The first-order chi connectivity index (χ1) is 30.2. The molecule has 5 aromatic rings. The number of rotatable bonds is 36. The van der Waals surface area contributed by atoms with Gasteiger partial charge in [-0.1, -0.05) is 218 Å². The molecule has 6 nitrogen and oxygen atoms in total. The zero-order valence-corrected chi connectivity index (χ0v) is 39.3. The Morgan fingerprint density at radius 1 is 0.377 bits per heavy atom. The number of aromatic nitrogens is 5. The van der Waals surface area contributed by atoms with E-state index in [4.69, 9.17) is 19.7 Å². The van der Waals surface area contributed by atoms with E-state index in [0.29, 0.717) is 6.61 Å². The van der Waals surface area contributed by atoms with Crippen LogP contribution in [-0.2, 0) is 13.1 Å². The predicted molar refractivity (Wildman–Crippen MR) is 263 cm³/mol. The largest absolute Gasteiger partial charge is 0.493 e. The van der Waals surface area contributed by atoms with Crippen molar-refractivity contribution in [3.05, 3.63) is 60.7 Å². The zero-order valence-electron chi connectivity index (χ0n) is 39.3. The molecule has 0 unspecified atom stereocenters. The molecule has 5 rings (SSSR count). The lowest BCUT2D eigenvalue weighted by Gasteiger charge is -2.14. The van der Waals surface area contributed by atoms with E-state index in [1.165, 1.54) is 184 Å². The van der Waals surface area contributed by atoms with Crippen molar-refractivity contribution in [2.45, 2.75) is 226 Å². The van der Waals surface area contributed by atoms with E-state index < -0.39 is 0 Å². The quantitative estimate of drug-likeness (QED) is 0.0377. The van der Waals surface area contributed by atoms with Crippen LogP contribution in [0.15, 0.2) is 60.7 Å². The van der Waals surface area contributed by atoms with E-state index >= 15 is 0 Å². The summed E-state index contributed by atoms with van der Waals surface area (Å²) in [6, 6.07) is 21.5. The van der Waals surface area contributed by atoms with Crippen molar-refractivity contribution >= 4 is 22.1 Å². The van der Waals surface area contributed by atoms with Crippen LogP contribution in [-0.4, -0.2) is 30.7 Å². The van der Waals surface area contributed by atoms with Gasteiger partial charge in [-0.25, -0.2) is 15.0 Å². The molecule has 0 aliphatic rings. The minimum absolute atomic E-state index is 0.712. The Bertz CT molecular complexity index is 1770. The number of benzene rings is 2. The molecule has 0 amide bonds. The molecule has 0 radical (unpaired) electrons. The van der Waals surface area contributed by atoms with E-state index in [1.54, 1.807) is 0 Å². The number of para-hydroxylation sites is 4. The van der Waals surface area contributed by atoms with Crippen molar-refractivity contribution in [1.82, 2.24) is 24.1 Å². The number of unbranched alkanes of at least 4 members (excludes halogenated alkanes) is 27. The molecule has 0 fully saturated rings. The number of fused-ring (bicyclic) bond motifs is 2. The summed E-state index contributed by atoms with van der Waals surface area (Å²) in [5, 5.41) is 0. The Balaban J connectivity index is 1.32. The van der Waals surface area contributed by atoms with Crippen LogP contribution >= 0.6 is 0 Å². The molecule has 6 heteroatoms. The molecule has 61 heavy (non-hydrogen) atoms. The van der Waals surface area contributed by atoms with E-state index in [-0.39, 0.29) is 0 Å². The number of ether oxygens (including phenoxy) is 1. The highest BCUT2D eigenvalue weighted by atomic mass is 16.5. The summed E-state index contributed by atoms with van der Waals surface area (Å²) in [6.45, 7) is 9.47. The summed E-state index contributed by atoms with van der Waals surface area (Å²) in [5.74, 6) is 2.73. The maximum Gasteiger partial charge on any atom is 0.159 e. The van der Waals surface area contributed by atoms with Crippen molar-refractivity contribution in [2.24, 2.45) is 0 Å². The minimum Gasteiger partial charge on any atom is -0.493 e. The van der Waals surface area contributed by atoms with Gasteiger partial charge in [0.1, 0.15) is 17.1 Å². The van der Waals surface area contributed by atoms with E-state index in [0.717, 1.165) is 72.2 Å². The van der Waals surface area contributed by atoms with Gasteiger partial charge in [-0.05, 0) is 43.5 Å². The molecule has 336 valence electrons. The second kappa shape index (κ2) is 29.6. The molecule has 0 aliphatic carbocycles. The highest BCUT2D eigenvalue weighted by Crippen LogP contribution is 2.33. The van der Waals surface area contributed by atoms with Crippen molar-refractivity contribution in [3.8, 4) is 28.8 Å². The third-order valence-corrected chi connectivity index (χ3v) is 12.8. The van der Waals surface area contributed by atoms with Crippen molar-refractivity contribution in [1.29, 1.82) is 0 Å². The first-order valence-electron chi connectivity index (χ1n) is 25.8.